The van der Waals surface area contributed by atoms with Gasteiger partial charge in [0, 0.05) is 55.6 Å². The highest BCUT2D eigenvalue weighted by Crippen LogP contribution is 2.33. The van der Waals surface area contributed by atoms with E-state index in [1.807, 2.05) is 59.5 Å². The molecule has 9 heteroatoms. The van der Waals surface area contributed by atoms with Crippen molar-refractivity contribution in [1.29, 1.82) is 0 Å². The maximum Gasteiger partial charge on any atom is 0.253 e. The molecule has 2 atom stereocenters. The number of fused-ring (bicyclic) bond motifs is 1. The number of carbonyl (C=O) groups excluding carboxylic acids is 1. The van der Waals surface area contributed by atoms with Crippen molar-refractivity contribution < 1.29 is 14.6 Å². The van der Waals surface area contributed by atoms with Crippen LogP contribution in [0.25, 0.3) is 21.5 Å². The minimum atomic E-state index is -0.320. The number of carbonyl (C=O) groups is 1. The minimum Gasteiger partial charge on any atom is -0.457 e. The molecule has 1 saturated carbocycles. The quantitative estimate of drug-likeness (QED) is 0.343. The predicted octanol–water partition coefficient (Wildman–Crippen LogP) is 5.25. The van der Waals surface area contributed by atoms with Gasteiger partial charge >= 0.3 is 0 Å². The zero-order valence-corrected chi connectivity index (χ0v) is 22.9. The molecule has 1 saturated heterocycles. The lowest BCUT2D eigenvalue weighted by Crippen LogP contribution is -2.47. The highest BCUT2D eigenvalue weighted by Gasteiger charge is 2.24. The summed E-state index contributed by atoms with van der Waals surface area (Å²) >= 11 is 1.57. The first-order valence-corrected chi connectivity index (χ1v) is 14.4. The third-order valence-electron chi connectivity index (χ3n) is 7.58. The van der Waals surface area contributed by atoms with Gasteiger partial charge < -0.3 is 25.0 Å². The number of pyridine rings is 1. The summed E-state index contributed by atoms with van der Waals surface area (Å²) in [6.07, 6.45) is 5.43. The Labute approximate surface area is 232 Å². The van der Waals surface area contributed by atoms with Crippen LogP contribution in [0, 0.1) is 0 Å². The van der Waals surface area contributed by atoms with Crippen LogP contribution in [0.5, 0.6) is 11.5 Å². The van der Waals surface area contributed by atoms with Gasteiger partial charge in [-0.25, -0.2) is 4.98 Å². The lowest BCUT2D eigenvalue weighted by molar-refractivity contribution is 0.0664. The van der Waals surface area contributed by atoms with Crippen molar-refractivity contribution in [3.8, 4) is 22.8 Å². The van der Waals surface area contributed by atoms with Crippen molar-refractivity contribution in [2.75, 3.05) is 38.5 Å². The van der Waals surface area contributed by atoms with Gasteiger partial charge in [-0.05, 0) is 50.2 Å². The van der Waals surface area contributed by atoms with Crippen LogP contribution in [0.15, 0.2) is 60.8 Å². The van der Waals surface area contributed by atoms with Crippen molar-refractivity contribution >= 4 is 32.6 Å². The standard InChI is InChI=1S/C30H33N5O3S/c1-34-14-16-35(17-15-34)29(37)21-8-6-20(7-9-21)26-18-23(12-13-31-26)38-22-10-11-25-28(19-22)39-30(33-25)32-24-4-2-3-5-27(24)36/h6-13,18-19,24,27,36H,2-5,14-17H2,1H3,(H,32,33)/t24-,27-/m1/s1. The lowest BCUT2D eigenvalue weighted by atomic mass is 9.93. The first-order chi connectivity index (χ1) is 19.0. The van der Waals surface area contributed by atoms with Crippen LogP contribution in [-0.2, 0) is 0 Å². The van der Waals surface area contributed by atoms with Crippen LogP contribution in [0.1, 0.15) is 36.0 Å². The molecule has 2 aromatic heterocycles. The number of hydrogen-bond acceptors (Lipinski definition) is 8. The lowest BCUT2D eigenvalue weighted by Gasteiger charge is -2.32. The molecular formula is C30H33N5O3S. The Hall–Kier alpha value is -3.53. The highest BCUT2D eigenvalue weighted by molar-refractivity contribution is 7.22. The Bertz CT molecular complexity index is 1450. The molecule has 1 amide bonds. The van der Waals surface area contributed by atoms with Gasteiger partial charge in [0.05, 0.1) is 28.1 Å². The van der Waals surface area contributed by atoms with Crippen molar-refractivity contribution in [1.82, 2.24) is 19.8 Å². The fourth-order valence-electron chi connectivity index (χ4n) is 5.21. The summed E-state index contributed by atoms with van der Waals surface area (Å²) in [6, 6.07) is 17.3. The smallest absolute Gasteiger partial charge is 0.253 e. The number of piperazine rings is 1. The summed E-state index contributed by atoms with van der Waals surface area (Å²) < 4.78 is 7.21. The first kappa shape index (κ1) is 25.7. The maximum absolute atomic E-state index is 12.9. The van der Waals surface area contributed by atoms with Gasteiger partial charge in [-0.1, -0.05) is 36.3 Å². The molecule has 2 fully saturated rings. The largest absolute Gasteiger partial charge is 0.457 e. The van der Waals surface area contributed by atoms with Crippen molar-refractivity contribution in [2.45, 2.75) is 37.8 Å². The Morgan fingerprint density at radius 3 is 2.56 bits per heavy atom. The minimum absolute atomic E-state index is 0.0595. The molecular weight excluding hydrogens is 510 g/mol. The van der Waals surface area contributed by atoms with E-state index in [-0.39, 0.29) is 18.1 Å². The molecule has 3 heterocycles. The topological polar surface area (TPSA) is 90.8 Å². The molecule has 0 unspecified atom stereocenters. The molecule has 0 radical (unpaired) electrons. The van der Waals surface area contributed by atoms with E-state index < -0.39 is 0 Å². The molecule has 202 valence electrons. The molecule has 2 N–H and O–H groups in total. The van der Waals surface area contributed by atoms with Crippen LogP contribution in [0.3, 0.4) is 0 Å². The van der Waals surface area contributed by atoms with E-state index in [4.69, 9.17) is 9.72 Å². The van der Waals surface area contributed by atoms with E-state index >= 15 is 0 Å². The van der Waals surface area contributed by atoms with Gasteiger partial charge in [0.2, 0.25) is 0 Å². The monoisotopic (exact) mass is 543 g/mol. The Morgan fingerprint density at radius 2 is 1.77 bits per heavy atom. The molecule has 8 nitrogen and oxygen atoms in total. The molecule has 39 heavy (non-hydrogen) atoms. The number of aliphatic hydroxyl groups excluding tert-OH is 1. The van der Waals surface area contributed by atoms with E-state index in [2.05, 4.69) is 22.2 Å². The molecule has 2 aromatic carbocycles. The molecule has 2 aliphatic rings. The molecule has 6 rings (SSSR count). The summed E-state index contributed by atoms with van der Waals surface area (Å²) in [5, 5.41) is 14.5. The third-order valence-corrected chi connectivity index (χ3v) is 8.53. The van der Waals surface area contributed by atoms with E-state index in [0.717, 1.165) is 84.2 Å². The van der Waals surface area contributed by atoms with Crippen molar-refractivity contribution in [3.05, 3.63) is 66.4 Å². The summed E-state index contributed by atoms with van der Waals surface area (Å²) in [6.45, 7) is 3.32. The SMILES string of the molecule is CN1CCN(C(=O)c2ccc(-c3cc(Oc4ccc5nc(N[C@@H]6CCCC[C@H]6O)sc5c4)ccn3)cc2)CC1. The second-order valence-corrected chi connectivity index (χ2v) is 11.4. The first-order valence-electron chi connectivity index (χ1n) is 13.6. The molecule has 4 aromatic rings. The number of nitrogens with one attached hydrogen (secondary N) is 1. The fourth-order valence-corrected chi connectivity index (χ4v) is 6.17. The third kappa shape index (κ3) is 5.90. The fraction of sp³-hybridized carbons (Fsp3) is 0.367. The number of likely N-dealkylation sites (N-methyl/N-ethyl adjacent to an activating group) is 1. The normalized spacial score (nSPS) is 20.2. The number of rotatable bonds is 6. The second kappa shape index (κ2) is 11.3. The van der Waals surface area contributed by atoms with E-state index in [0.29, 0.717) is 11.3 Å². The maximum atomic E-state index is 12.9. The molecule has 0 spiro atoms. The van der Waals surface area contributed by atoms with Crippen LogP contribution in [0.4, 0.5) is 5.13 Å². The van der Waals surface area contributed by atoms with Gasteiger partial charge in [-0.15, -0.1) is 0 Å². The Balaban J connectivity index is 1.13. The van der Waals surface area contributed by atoms with Crippen LogP contribution < -0.4 is 10.1 Å². The number of ether oxygens (including phenoxy) is 1. The average Bonchev–Trinajstić information content (AvgIpc) is 3.36. The van der Waals surface area contributed by atoms with Crippen molar-refractivity contribution in [2.24, 2.45) is 0 Å². The number of aromatic nitrogens is 2. The van der Waals surface area contributed by atoms with Gasteiger partial charge in [0.1, 0.15) is 11.5 Å². The number of hydrogen-bond donors (Lipinski definition) is 2. The zero-order chi connectivity index (χ0) is 26.8. The van der Waals surface area contributed by atoms with Gasteiger partial charge in [0.25, 0.3) is 5.91 Å². The van der Waals surface area contributed by atoms with E-state index in [1.54, 1.807) is 17.5 Å². The van der Waals surface area contributed by atoms with Gasteiger partial charge in [-0.3, -0.25) is 9.78 Å². The summed E-state index contributed by atoms with van der Waals surface area (Å²) in [7, 11) is 2.08. The molecule has 1 aliphatic carbocycles. The number of aliphatic hydroxyl groups is 1. The summed E-state index contributed by atoms with van der Waals surface area (Å²) in [4.78, 5) is 26.2. The number of anilines is 1. The molecule has 0 bridgehead atoms. The summed E-state index contributed by atoms with van der Waals surface area (Å²) in [5.74, 6) is 1.48. The van der Waals surface area contributed by atoms with Gasteiger partial charge in [-0.2, -0.15) is 0 Å². The van der Waals surface area contributed by atoms with E-state index in [9.17, 15) is 9.90 Å². The predicted molar refractivity (Wildman–Crippen MR) is 155 cm³/mol. The second-order valence-electron chi connectivity index (χ2n) is 10.4. The van der Waals surface area contributed by atoms with Crippen molar-refractivity contribution in [3.63, 3.8) is 0 Å². The summed E-state index contributed by atoms with van der Waals surface area (Å²) in [5.41, 5.74) is 3.30. The van der Waals surface area contributed by atoms with Gasteiger partial charge in [0.15, 0.2) is 5.13 Å². The van der Waals surface area contributed by atoms with Crippen LogP contribution in [0.2, 0.25) is 0 Å². The van der Waals surface area contributed by atoms with Crippen LogP contribution >= 0.6 is 11.3 Å². The van der Waals surface area contributed by atoms with Crippen LogP contribution in [-0.4, -0.2) is 76.2 Å². The Morgan fingerprint density at radius 1 is 1.00 bits per heavy atom. The molecule has 1 aliphatic heterocycles. The average molecular weight is 544 g/mol. The number of nitrogens with zero attached hydrogens (tertiary/aromatic N) is 4. The number of thiazole rings is 1. The Kier molecular flexibility index (Phi) is 7.45. The highest BCUT2D eigenvalue weighted by atomic mass is 32.1. The zero-order valence-electron chi connectivity index (χ0n) is 22.0. The van der Waals surface area contributed by atoms with E-state index in [1.165, 1.54) is 0 Å². The number of amides is 1. The number of benzene rings is 2.